The maximum atomic E-state index is 12.7. The van der Waals surface area contributed by atoms with E-state index in [0.717, 1.165) is 23.6 Å². The summed E-state index contributed by atoms with van der Waals surface area (Å²) in [5, 5.41) is 1.73. The molecule has 0 spiro atoms. The van der Waals surface area contributed by atoms with E-state index in [1.165, 1.54) is 0 Å². The molecule has 0 amide bonds. The second kappa shape index (κ2) is 6.45. The zero-order chi connectivity index (χ0) is 15.5. The number of hydrogen-bond acceptors (Lipinski definition) is 3. The number of anilines is 1. The summed E-state index contributed by atoms with van der Waals surface area (Å²) in [7, 11) is -3.44. The summed E-state index contributed by atoms with van der Waals surface area (Å²) in [6.07, 6.45) is 1.61. The minimum atomic E-state index is -3.44. The Morgan fingerprint density at radius 3 is 2.33 bits per heavy atom. The molecule has 21 heavy (non-hydrogen) atoms. The molecule has 0 unspecified atom stereocenters. The number of sulfonamides is 1. The Morgan fingerprint density at radius 2 is 1.71 bits per heavy atom. The van der Waals surface area contributed by atoms with Gasteiger partial charge in [-0.2, -0.15) is 4.31 Å². The van der Waals surface area contributed by atoms with Gasteiger partial charge in [-0.15, -0.1) is 0 Å². The lowest BCUT2D eigenvalue weighted by atomic mass is 10.1. The van der Waals surface area contributed by atoms with E-state index >= 15 is 0 Å². The third-order valence-corrected chi connectivity index (χ3v) is 5.36. The Kier molecular flexibility index (Phi) is 4.85. The third kappa shape index (κ3) is 3.19. The molecule has 0 atom stereocenters. The van der Waals surface area contributed by atoms with Crippen molar-refractivity contribution in [2.24, 2.45) is 0 Å². The first-order valence-corrected chi connectivity index (χ1v) is 8.73. The summed E-state index contributed by atoms with van der Waals surface area (Å²) >= 11 is 0. The van der Waals surface area contributed by atoms with Crippen molar-refractivity contribution in [1.82, 2.24) is 4.31 Å². The predicted molar refractivity (Wildman–Crippen MR) is 87.7 cm³/mol. The van der Waals surface area contributed by atoms with Gasteiger partial charge in [0.2, 0.25) is 10.0 Å². The van der Waals surface area contributed by atoms with Crippen LogP contribution in [0.4, 0.5) is 5.69 Å². The Morgan fingerprint density at radius 1 is 1.05 bits per heavy atom. The normalized spacial score (nSPS) is 12.1. The summed E-state index contributed by atoms with van der Waals surface area (Å²) < 4.78 is 27.0. The number of nitrogen functional groups attached to an aromatic ring is 1. The van der Waals surface area contributed by atoms with E-state index in [9.17, 15) is 8.42 Å². The van der Waals surface area contributed by atoms with Gasteiger partial charge in [-0.3, -0.25) is 0 Å². The summed E-state index contributed by atoms with van der Waals surface area (Å²) in [5.41, 5.74) is 6.57. The van der Waals surface area contributed by atoms with Crippen molar-refractivity contribution in [3.05, 3.63) is 36.4 Å². The van der Waals surface area contributed by atoms with Gasteiger partial charge in [-0.05, 0) is 36.4 Å². The molecule has 114 valence electrons. The van der Waals surface area contributed by atoms with Crippen LogP contribution in [0.5, 0.6) is 0 Å². The maximum absolute atomic E-state index is 12.7. The highest BCUT2D eigenvalue weighted by Gasteiger charge is 2.23. The second-order valence-corrected chi connectivity index (χ2v) is 7.07. The molecule has 2 aromatic carbocycles. The van der Waals surface area contributed by atoms with Gasteiger partial charge in [-0.25, -0.2) is 8.42 Å². The molecule has 0 aliphatic carbocycles. The van der Waals surface area contributed by atoms with Gasteiger partial charge in [-0.1, -0.05) is 32.0 Å². The number of benzene rings is 2. The average molecular weight is 306 g/mol. The Balaban J connectivity index is 2.48. The molecular weight excluding hydrogens is 284 g/mol. The Hall–Kier alpha value is -1.59. The fourth-order valence-electron chi connectivity index (χ4n) is 2.45. The van der Waals surface area contributed by atoms with Gasteiger partial charge in [0.25, 0.3) is 0 Å². The minimum absolute atomic E-state index is 0.336. The van der Waals surface area contributed by atoms with Crippen molar-refractivity contribution in [3.63, 3.8) is 0 Å². The molecule has 5 heteroatoms. The van der Waals surface area contributed by atoms with Crippen molar-refractivity contribution < 1.29 is 8.42 Å². The summed E-state index contributed by atoms with van der Waals surface area (Å²) in [5.74, 6) is 0. The van der Waals surface area contributed by atoms with Gasteiger partial charge >= 0.3 is 0 Å². The number of nitrogens with zero attached hydrogens (tertiary/aromatic N) is 1. The van der Waals surface area contributed by atoms with E-state index in [1.807, 2.05) is 32.0 Å². The topological polar surface area (TPSA) is 63.4 Å². The van der Waals surface area contributed by atoms with Gasteiger partial charge in [0.05, 0.1) is 4.90 Å². The summed E-state index contributed by atoms with van der Waals surface area (Å²) in [6.45, 7) is 5.06. The van der Waals surface area contributed by atoms with E-state index in [1.54, 1.807) is 22.5 Å². The lowest BCUT2D eigenvalue weighted by molar-refractivity contribution is 0.410. The first kappa shape index (κ1) is 15.8. The molecule has 0 heterocycles. The molecule has 2 N–H and O–H groups in total. The van der Waals surface area contributed by atoms with E-state index in [2.05, 4.69) is 0 Å². The van der Waals surface area contributed by atoms with Crippen LogP contribution in [0.2, 0.25) is 0 Å². The highest BCUT2D eigenvalue weighted by molar-refractivity contribution is 7.89. The molecule has 0 radical (unpaired) electrons. The molecule has 0 aliphatic rings. The first-order valence-electron chi connectivity index (χ1n) is 7.29. The van der Waals surface area contributed by atoms with Crippen LogP contribution >= 0.6 is 0 Å². The second-order valence-electron chi connectivity index (χ2n) is 5.13. The standard InChI is InChI=1S/C16H22N2O2S/c1-3-10-18(11-4-2)21(19,20)14-8-9-15-13(12-14)6-5-7-16(15)17/h5-9,12H,3-4,10-11,17H2,1-2H3. The van der Waals surface area contributed by atoms with E-state index in [0.29, 0.717) is 23.7 Å². The largest absolute Gasteiger partial charge is 0.398 e. The molecule has 0 saturated heterocycles. The van der Waals surface area contributed by atoms with Crippen LogP contribution in [-0.2, 0) is 10.0 Å². The van der Waals surface area contributed by atoms with Crippen LogP contribution in [0, 0.1) is 0 Å². The van der Waals surface area contributed by atoms with Gasteiger partial charge in [0, 0.05) is 24.2 Å². The average Bonchev–Trinajstić information content (AvgIpc) is 2.47. The van der Waals surface area contributed by atoms with Crippen molar-refractivity contribution in [1.29, 1.82) is 0 Å². The van der Waals surface area contributed by atoms with Gasteiger partial charge in [0.15, 0.2) is 0 Å². The van der Waals surface area contributed by atoms with Gasteiger partial charge < -0.3 is 5.73 Å². The van der Waals surface area contributed by atoms with Crippen molar-refractivity contribution in [2.45, 2.75) is 31.6 Å². The molecule has 4 nitrogen and oxygen atoms in total. The number of hydrogen-bond donors (Lipinski definition) is 1. The molecular formula is C16H22N2O2S. The number of fused-ring (bicyclic) bond motifs is 1. The Labute approximate surface area is 126 Å². The van der Waals surface area contributed by atoms with Crippen LogP contribution in [0.1, 0.15) is 26.7 Å². The maximum Gasteiger partial charge on any atom is 0.243 e. The highest BCUT2D eigenvalue weighted by atomic mass is 32.2. The van der Waals surface area contributed by atoms with Crippen LogP contribution in [0.25, 0.3) is 10.8 Å². The molecule has 0 fully saturated rings. The summed E-state index contributed by atoms with van der Waals surface area (Å²) in [4.78, 5) is 0.336. The molecule has 2 aromatic rings. The predicted octanol–water partition coefficient (Wildman–Crippen LogP) is 3.23. The van der Waals surface area contributed by atoms with Crippen LogP contribution in [0.3, 0.4) is 0 Å². The Bertz CT molecular complexity index is 720. The lowest BCUT2D eigenvalue weighted by Gasteiger charge is -2.21. The quantitative estimate of drug-likeness (QED) is 0.833. The van der Waals surface area contributed by atoms with Crippen LogP contribution < -0.4 is 5.73 Å². The zero-order valence-electron chi connectivity index (χ0n) is 12.5. The third-order valence-electron chi connectivity index (χ3n) is 3.47. The highest BCUT2D eigenvalue weighted by Crippen LogP contribution is 2.25. The van der Waals surface area contributed by atoms with Crippen molar-refractivity contribution in [2.75, 3.05) is 18.8 Å². The molecule has 0 saturated carbocycles. The smallest absolute Gasteiger partial charge is 0.243 e. The van der Waals surface area contributed by atoms with E-state index in [-0.39, 0.29) is 0 Å². The number of rotatable bonds is 6. The fourth-order valence-corrected chi connectivity index (χ4v) is 4.11. The van der Waals surface area contributed by atoms with Crippen molar-refractivity contribution in [3.8, 4) is 0 Å². The minimum Gasteiger partial charge on any atom is -0.398 e. The molecule has 2 rings (SSSR count). The first-order chi connectivity index (χ1) is 10.0. The van der Waals surface area contributed by atoms with E-state index < -0.39 is 10.0 Å². The SMILES string of the molecule is CCCN(CCC)S(=O)(=O)c1ccc2c(N)cccc2c1. The lowest BCUT2D eigenvalue weighted by Crippen LogP contribution is -2.32. The van der Waals surface area contributed by atoms with Gasteiger partial charge in [0.1, 0.15) is 0 Å². The molecule has 0 aromatic heterocycles. The summed E-state index contributed by atoms with van der Waals surface area (Å²) in [6, 6.07) is 10.7. The monoisotopic (exact) mass is 306 g/mol. The fraction of sp³-hybridized carbons (Fsp3) is 0.375. The van der Waals surface area contributed by atoms with E-state index in [4.69, 9.17) is 5.73 Å². The van der Waals surface area contributed by atoms with Crippen molar-refractivity contribution >= 4 is 26.5 Å². The van der Waals surface area contributed by atoms with Crippen LogP contribution in [0.15, 0.2) is 41.3 Å². The van der Waals surface area contributed by atoms with Crippen LogP contribution in [-0.4, -0.2) is 25.8 Å². The zero-order valence-corrected chi connectivity index (χ0v) is 13.4. The molecule has 0 aliphatic heterocycles. The number of nitrogens with two attached hydrogens (primary N) is 1. The molecule has 0 bridgehead atoms.